The number of fused-ring (bicyclic) bond motifs is 2. The molecule has 6 nitrogen and oxygen atoms in total. The normalized spacial score (nSPS) is 32.1. The fraction of sp³-hybridized carbons (Fsp3) is 0.875. The molecular formula is C16H28N2O4. The minimum Gasteiger partial charge on any atom is -0.369 e. The highest BCUT2D eigenvalue weighted by atomic mass is 16.5. The number of hydrogen-bond acceptors (Lipinski definition) is 4. The second-order valence-corrected chi connectivity index (χ2v) is 7.30. The van der Waals surface area contributed by atoms with Gasteiger partial charge in [-0.3, -0.25) is 9.59 Å². The van der Waals surface area contributed by atoms with Crippen molar-refractivity contribution in [3.63, 3.8) is 0 Å². The van der Waals surface area contributed by atoms with E-state index in [2.05, 4.69) is 26.1 Å². The summed E-state index contributed by atoms with van der Waals surface area (Å²) in [5.41, 5.74) is 5.41. The molecule has 0 spiro atoms. The maximum atomic E-state index is 12.0. The monoisotopic (exact) mass is 312 g/mol. The van der Waals surface area contributed by atoms with Crippen LogP contribution in [0.5, 0.6) is 0 Å². The third-order valence-electron chi connectivity index (χ3n) is 5.98. The quantitative estimate of drug-likeness (QED) is 0.650. The molecule has 0 heterocycles. The first-order valence-electron chi connectivity index (χ1n) is 8.00. The Morgan fingerprint density at radius 2 is 1.82 bits per heavy atom. The predicted molar refractivity (Wildman–Crippen MR) is 82.0 cm³/mol. The molecule has 3 N–H and O–H groups in total. The summed E-state index contributed by atoms with van der Waals surface area (Å²) >= 11 is 0. The Kier molecular flexibility index (Phi) is 5.12. The molecule has 22 heavy (non-hydrogen) atoms. The minimum absolute atomic E-state index is 0.0254. The van der Waals surface area contributed by atoms with E-state index < -0.39 is 5.91 Å². The molecule has 0 radical (unpaired) electrons. The zero-order valence-electron chi connectivity index (χ0n) is 13.8. The Bertz CT molecular complexity index is 438. The van der Waals surface area contributed by atoms with Gasteiger partial charge < -0.3 is 20.5 Å². The predicted octanol–water partition coefficient (Wildman–Crippen LogP) is 0.836. The topological polar surface area (TPSA) is 90.7 Å². The molecule has 3 atom stereocenters. The van der Waals surface area contributed by atoms with E-state index in [-0.39, 0.29) is 49.2 Å². The summed E-state index contributed by atoms with van der Waals surface area (Å²) in [5.74, 6) is 0.111. The van der Waals surface area contributed by atoms with Crippen molar-refractivity contribution in [1.82, 2.24) is 5.32 Å². The van der Waals surface area contributed by atoms with Crippen LogP contribution in [0.2, 0.25) is 0 Å². The standard InChI is InChI=1S/C16H28N2O4/c1-15(2)11-4-5-16(15,3)12(8-11)18-14(20)10-22-7-6-21-9-13(17)19/h11-12H,4-10H2,1-3H3,(H2,17,19)(H,18,20)/t11-,12-,16-/m1/s1. The van der Waals surface area contributed by atoms with Gasteiger partial charge in [0.2, 0.25) is 11.8 Å². The van der Waals surface area contributed by atoms with Crippen LogP contribution in [-0.2, 0) is 19.1 Å². The average molecular weight is 312 g/mol. The van der Waals surface area contributed by atoms with Gasteiger partial charge in [-0.1, -0.05) is 20.8 Å². The Balaban J connectivity index is 1.67. The summed E-state index contributed by atoms with van der Waals surface area (Å²) < 4.78 is 10.2. The van der Waals surface area contributed by atoms with Crippen molar-refractivity contribution >= 4 is 11.8 Å². The van der Waals surface area contributed by atoms with Gasteiger partial charge in [-0.2, -0.15) is 0 Å². The molecule has 2 saturated carbocycles. The lowest BCUT2D eigenvalue weighted by Gasteiger charge is -2.39. The molecule has 0 aromatic rings. The van der Waals surface area contributed by atoms with E-state index in [1.807, 2.05) is 0 Å². The molecule has 2 amide bonds. The summed E-state index contributed by atoms with van der Waals surface area (Å²) in [4.78, 5) is 22.5. The Labute approximate surface area is 132 Å². The highest BCUT2D eigenvalue weighted by molar-refractivity contribution is 5.77. The van der Waals surface area contributed by atoms with Gasteiger partial charge in [0.15, 0.2) is 0 Å². The second kappa shape index (κ2) is 6.54. The van der Waals surface area contributed by atoms with Gasteiger partial charge in [0.25, 0.3) is 0 Å². The third-order valence-corrected chi connectivity index (χ3v) is 5.98. The Hall–Kier alpha value is -1.14. The minimum atomic E-state index is -0.509. The van der Waals surface area contributed by atoms with Crippen molar-refractivity contribution in [3.05, 3.63) is 0 Å². The van der Waals surface area contributed by atoms with Crippen LogP contribution in [0.25, 0.3) is 0 Å². The molecule has 2 rings (SSSR count). The summed E-state index contributed by atoms with van der Waals surface area (Å²) in [6.07, 6.45) is 3.51. The molecule has 6 heteroatoms. The van der Waals surface area contributed by atoms with Crippen LogP contribution in [0.4, 0.5) is 0 Å². The summed E-state index contributed by atoms with van der Waals surface area (Å²) in [6.45, 7) is 7.38. The number of carbonyl (C=O) groups is 2. The number of nitrogens with one attached hydrogen (secondary N) is 1. The number of carbonyl (C=O) groups excluding carboxylic acids is 2. The molecule has 0 unspecified atom stereocenters. The van der Waals surface area contributed by atoms with Crippen molar-refractivity contribution in [3.8, 4) is 0 Å². The van der Waals surface area contributed by atoms with Crippen LogP contribution in [-0.4, -0.2) is 44.3 Å². The molecule has 2 bridgehead atoms. The van der Waals surface area contributed by atoms with E-state index in [0.29, 0.717) is 5.92 Å². The molecule has 0 saturated heterocycles. The molecule has 2 aliphatic rings. The molecule has 2 aliphatic carbocycles. The average Bonchev–Trinajstić information content (AvgIpc) is 2.75. The van der Waals surface area contributed by atoms with Gasteiger partial charge in [0.05, 0.1) is 13.2 Å². The van der Waals surface area contributed by atoms with E-state index in [4.69, 9.17) is 15.2 Å². The molecule has 0 aromatic carbocycles. The largest absolute Gasteiger partial charge is 0.369 e. The van der Waals surface area contributed by atoms with E-state index in [0.717, 1.165) is 6.42 Å². The van der Waals surface area contributed by atoms with Crippen LogP contribution < -0.4 is 11.1 Å². The lowest BCUT2D eigenvalue weighted by Crippen LogP contribution is -2.47. The van der Waals surface area contributed by atoms with Crippen LogP contribution in [0, 0.1) is 16.7 Å². The van der Waals surface area contributed by atoms with E-state index in [1.54, 1.807) is 0 Å². The number of amides is 2. The maximum absolute atomic E-state index is 12.0. The van der Waals surface area contributed by atoms with Crippen molar-refractivity contribution in [2.75, 3.05) is 26.4 Å². The van der Waals surface area contributed by atoms with Crippen LogP contribution in [0.15, 0.2) is 0 Å². The molecule has 0 aromatic heterocycles. The highest BCUT2D eigenvalue weighted by Crippen LogP contribution is 2.65. The zero-order chi connectivity index (χ0) is 16.4. The smallest absolute Gasteiger partial charge is 0.246 e. The fourth-order valence-electron chi connectivity index (χ4n) is 4.11. The van der Waals surface area contributed by atoms with Gasteiger partial charge in [0, 0.05) is 6.04 Å². The van der Waals surface area contributed by atoms with Gasteiger partial charge in [-0.15, -0.1) is 0 Å². The Morgan fingerprint density at radius 1 is 1.18 bits per heavy atom. The molecule has 0 aliphatic heterocycles. The SMILES string of the molecule is CC1(C)[C@@H]2CC[C@]1(C)[C@H](NC(=O)COCCOCC(N)=O)C2. The van der Waals surface area contributed by atoms with Crippen LogP contribution in [0.3, 0.4) is 0 Å². The van der Waals surface area contributed by atoms with Gasteiger partial charge >= 0.3 is 0 Å². The first-order valence-corrected chi connectivity index (χ1v) is 8.00. The van der Waals surface area contributed by atoms with E-state index in [9.17, 15) is 9.59 Å². The zero-order valence-corrected chi connectivity index (χ0v) is 13.8. The van der Waals surface area contributed by atoms with Crippen LogP contribution >= 0.6 is 0 Å². The first-order chi connectivity index (χ1) is 10.3. The lowest BCUT2D eigenvalue weighted by atomic mass is 9.69. The maximum Gasteiger partial charge on any atom is 0.246 e. The first kappa shape index (κ1) is 17.2. The number of primary amides is 1. The summed E-state index contributed by atoms with van der Waals surface area (Å²) in [6, 6.07) is 0.239. The van der Waals surface area contributed by atoms with Crippen molar-refractivity contribution in [2.45, 2.75) is 46.1 Å². The van der Waals surface area contributed by atoms with Crippen molar-refractivity contribution < 1.29 is 19.1 Å². The summed E-state index contributed by atoms with van der Waals surface area (Å²) in [7, 11) is 0. The van der Waals surface area contributed by atoms with Gasteiger partial charge in [-0.25, -0.2) is 0 Å². The molecule has 2 fully saturated rings. The summed E-state index contributed by atoms with van der Waals surface area (Å²) in [5, 5.41) is 3.14. The lowest BCUT2D eigenvalue weighted by molar-refractivity contribution is -0.129. The fourth-order valence-corrected chi connectivity index (χ4v) is 4.11. The van der Waals surface area contributed by atoms with Crippen molar-refractivity contribution in [1.29, 1.82) is 0 Å². The number of nitrogens with two attached hydrogens (primary N) is 1. The third kappa shape index (κ3) is 3.27. The number of ether oxygens (including phenoxy) is 2. The molecular weight excluding hydrogens is 284 g/mol. The van der Waals surface area contributed by atoms with E-state index >= 15 is 0 Å². The molecule has 126 valence electrons. The highest BCUT2D eigenvalue weighted by Gasteiger charge is 2.61. The number of rotatable bonds is 8. The second-order valence-electron chi connectivity index (χ2n) is 7.30. The van der Waals surface area contributed by atoms with E-state index in [1.165, 1.54) is 12.8 Å². The number of hydrogen-bond donors (Lipinski definition) is 2. The van der Waals surface area contributed by atoms with Crippen LogP contribution in [0.1, 0.15) is 40.0 Å². The Morgan fingerprint density at radius 3 is 2.32 bits per heavy atom. The van der Waals surface area contributed by atoms with Gasteiger partial charge in [0.1, 0.15) is 13.2 Å². The van der Waals surface area contributed by atoms with Crippen molar-refractivity contribution in [2.24, 2.45) is 22.5 Å². The van der Waals surface area contributed by atoms with Gasteiger partial charge in [-0.05, 0) is 36.0 Å².